The summed E-state index contributed by atoms with van der Waals surface area (Å²) in [6.07, 6.45) is 1.67. The highest BCUT2D eigenvalue weighted by Gasteiger charge is 2.35. The third-order valence-electron chi connectivity index (χ3n) is 6.38. The van der Waals surface area contributed by atoms with Gasteiger partial charge in [0.15, 0.2) is 0 Å². The third kappa shape index (κ3) is 4.27. The van der Waals surface area contributed by atoms with Crippen LogP contribution in [0.15, 0.2) is 78.5 Å². The molecule has 1 fully saturated rings. The Labute approximate surface area is 209 Å². The van der Waals surface area contributed by atoms with Crippen molar-refractivity contribution in [2.75, 3.05) is 11.9 Å². The molecule has 7 nitrogen and oxygen atoms in total. The number of amides is 4. The summed E-state index contributed by atoms with van der Waals surface area (Å²) >= 11 is 0. The Hall–Kier alpha value is -4.65. The van der Waals surface area contributed by atoms with E-state index in [0.717, 1.165) is 43.9 Å². The van der Waals surface area contributed by atoms with Crippen molar-refractivity contribution in [2.45, 2.75) is 20.8 Å². The Morgan fingerprint density at radius 3 is 2.44 bits per heavy atom. The molecule has 4 aromatic rings. The van der Waals surface area contributed by atoms with Crippen LogP contribution in [0.5, 0.6) is 0 Å². The first-order valence-corrected chi connectivity index (χ1v) is 11.7. The van der Waals surface area contributed by atoms with E-state index < -0.39 is 17.8 Å². The minimum absolute atomic E-state index is 0.140. The second-order valence-corrected chi connectivity index (χ2v) is 8.95. The number of nitrogens with one attached hydrogen (secondary N) is 2. The van der Waals surface area contributed by atoms with Crippen LogP contribution in [0.3, 0.4) is 0 Å². The molecule has 3 aromatic carbocycles. The average Bonchev–Trinajstić information content (AvgIpc) is 3.29. The van der Waals surface area contributed by atoms with Crippen molar-refractivity contribution in [3.8, 4) is 5.69 Å². The molecule has 0 radical (unpaired) electrons. The highest BCUT2D eigenvalue weighted by atomic mass is 16.2. The summed E-state index contributed by atoms with van der Waals surface area (Å²) in [5, 5.41) is 7.59. The number of anilines is 1. The van der Waals surface area contributed by atoms with E-state index >= 15 is 0 Å². The van der Waals surface area contributed by atoms with Gasteiger partial charge in [0, 0.05) is 22.5 Å². The van der Waals surface area contributed by atoms with Crippen molar-refractivity contribution in [2.24, 2.45) is 0 Å². The fourth-order valence-electron chi connectivity index (χ4n) is 4.56. The van der Waals surface area contributed by atoms with Crippen LogP contribution in [0, 0.1) is 20.8 Å². The second kappa shape index (κ2) is 9.19. The first-order valence-electron chi connectivity index (χ1n) is 11.7. The van der Waals surface area contributed by atoms with Crippen molar-refractivity contribution in [1.82, 2.24) is 14.8 Å². The number of aromatic nitrogens is 1. The quantitative estimate of drug-likeness (QED) is 0.310. The molecule has 180 valence electrons. The van der Waals surface area contributed by atoms with Crippen LogP contribution in [0.25, 0.3) is 22.5 Å². The Balaban J connectivity index is 1.39. The summed E-state index contributed by atoms with van der Waals surface area (Å²) in [6.45, 7) is 5.57. The lowest BCUT2D eigenvalue weighted by molar-refractivity contribution is -0.127. The number of rotatable bonds is 5. The highest BCUT2D eigenvalue weighted by molar-refractivity contribution is 6.16. The summed E-state index contributed by atoms with van der Waals surface area (Å²) in [5.41, 5.74) is 5.61. The molecule has 0 aliphatic carbocycles. The van der Waals surface area contributed by atoms with Gasteiger partial charge >= 0.3 is 6.03 Å². The lowest BCUT2D eigenvalue weighted by Gasteiger charge is -2.13. The van der Waals surface area contributed by atoms with Crippen molar-refractivity contribution < 1.29 is 14.4 Å². The van der Waals surface area contributed by atoms with E-state index in [1.165, 1.54) is 0 Å². The van der Waals surface area contributed by atoms with E-state index in [1.54, 1.807) is 18.2 Å². The maximum Gasteiger partial charge on any atom is 0.329 e. The number of benzene rings is 3. The van der Waals surface area contributed by atoms with Crippen LogP contribution in [-0.2, 0) is 9.59 Å². The Bertz CT molecular complexity index is 1540. The van der Waals surface area contributed by atoms with Gasteiger partial charge in [0.05, 0.1) is 5.69 Å². The molecule has 1 aromatic heterocycles. The second-order valence-electron chi connectivity index (χ2n) is 8.95. The number of hydrogen-bond acceptors (Lipinski definition) is 3. The van der Waals surface area contributed by atoms with Crippen molar-refractivity contribution in [3.63, 3.8) is 0 Å². The minimum Gasteiger partial charge on any atom is -0.325 e. The van der Waals surface area contributed by atoms with Crippen molar-refractivity contribution >= 4 is 40.4 Å². The molecule has 2 N–H and O–H groups in total. The standard InChI is InChI=1S/C29H26N4O3/c1-18-11-13-23(14-12-18)30-27(34)17-32-28(35)25(31-29(32)36)16-22-15-19(2)33(20(22)3)26-10-6-8-21-7-4-5-9-24(21)26/h4-16H,17H2,1-3H3,(H,30,34)(H,31,36)/b25-16+. The monoisotopic (exact) mass is 478 g/mol. The van der Waals surface area contributed by atoms with Gasteiger partial charge in [0.1, 0.15) is 12.2 Å². The van der Waals surface area contributed by atoms with Gasteiger partial charge in [-0.2, -0.15) is 0 Å². The lowest BCUT2D eigenvalue weighted by Crippen LogP contribution is -2.38. The van der Waals surface area contributed by atoms with E-state index in [0.29, 0.717) is 5.69 Å². The van der Waals surface area contributed by atoms with E-state index in [1.807, 2.05) is 57.2 Å². The van der Waals surface area contributed by atoms with Crippen LogP contribution in [0.2, 0.25) is 0 Å². The number of hydrogen-bond donors (Lipinski definition) is 2. The Morgan fingerprint density at radius 1 is 0.944 bits per heavy atom. The zero-order valence-corrected chi connectivity index (χ0v) is 20.3. The Kier molecular flexibility index (Phi) is 5.90. The Morgan fingerprint density at radius 2 is 1.67 bits per heavy atom. The normalized spacial score (nSPS) is 14.5. The van der Waals surface area contributed by atoms with Crippen LogP contribution in [-0.4, -0.2) is 33.9 Å². The fourth-order valence-corrected chi connectivity index (χ4v) is 4.56. The van der Waals surface area contributed by atoms with Crippen molar-refractivity contribution in [3.05, 3.63) is 101 Å². The molecule has 7 heteroatoms. The molecule has 0 spiro atoms. The average molecular weight is 479 g/mol. The molecule has 5 rings (SSSR count). The van der Waals surface area contributed by atoms with E-state index in [4.69, 9.17) is 0 Å². The first-order chi connectivity index (χ1) is 17.3. The maximum atomic E-state index is 13.0. The van der Waals surface area contributed by atoms with Crippen LogP contribution in [0.1, 0.15) is 22.5 Å². The number of aryl methyl sites for hydroxylation is 2. The molecular formula is C29H26N4O3. The fraction of sp³-hybridized carbons (Fsp3) is 0.138. The molecule has 1 aliphatic heterocycles. The summed E-state index contributed by atoms with van der Waals surface area (Å²) in [4.78, 5) is 38.9. The van der Waals surface area contributed by atoms with Gasteiger partial charge < -0.3 is 15.2 Å². The third-order valence-corrected chi connectivity index (χ3v) is 6.38. The number of carbonyl (C=O) groups excluding carboxylic acids is 3. The van der Waals surface area contributed by atoms with E-state index in [2.05, 4.69) is 39.5 Å². The van der Waals surface area contributed by atoms with Gasteiger partial charge in [0.2, 0.25) is 5.91 Å². The summed E-state index contributed by atoms with van der Waals surface area (Å²) in [6, 6.07) is 23.0. The summed E-state index contributed by atoms with van der Waals surface area (Å²) in [7, 11) is 0. The molecule has 0 bridgehead atoms. The highest BCUT2D eigenvalue weighted by Crippen LogP contribution is 2.28. The molecule has 0 atom stereocenters. The van der Waals surface area contributed by atoms with Gasteiger partial charge in [-0.1, -0.05) is 54.1 Å². The molecular weight excluding hydrogens is 452 g/mol. The molecule has 36 heavy (non-hydrogen) atoms. The number of fused-ring (bicyclic) bond motifs is 1. The first kappa shape index (κ1) is 23.1. The predicted octanol–water partition coefficient (Wildman–Crippen LogP) is 5.09. The molecule has 2 heterocycles. The van der Waals surface area contributed by atoms with Gasteiger partial charge in [-0.05, 0) is 62.1 Å². The van der Waals surface area contributed by atoms with E-state index in [9.17, 15) is 14.4 Å². The van der Waals surface area contributed by atoms with Crippen LogP contribution >= 0.6 is 0 Å². The van der Waals surface area contributed by atoms with Gasteiger partial charge in [-0.15, -0.1) is 0 Å². The minimum atomic E-state index is -0.617. The zero-order chi connectivity index (χ0) is 25.4. The number of carbonyl (C=O) groups is 3. The molecule has 1 aliphatic rings. The van der Waals surface area contributed by atoms with Gasteiger partial charge in [-0.3, -0.25) is 9.59 Å². The number of nitrogens with zero attached hydrogens (tertiary/aromatic N) is 2. The van der Waals surface area contributed by atoms with E-state index in [-0.39, 0.29) is 12.2 Å². The summed E-state index contributed by atoms with van der Waals surface area (Å²) < 4.78 is 2.14. The maximum absolute atomic E-state index is 13.0. The predicted molar refractivity (Wildman–Crippen MR) is 141 cm³/mol. The van der Waals surface area contributed by atoms with Crippen molar-refractivity contribution in [1.29, 1.82) is 0 Å². The number of urea groups is 1. The lowest BCUT2D eigenvalue weighted by atomic mass is 10.1. The molecule has 4 amide bonds. The van der Waals surface area contributed by atoms with Crippen LogP contribution < -0.4 is 10.6 Å². The zero-order valence-electron chi connectivity index (χ0n) is 20.3. The van der Waals surface area contributed by atoms with Gasteiger partial charge in [-0.25, -0.2) is 9.69 Å². The SMILES string of the molecule is Cc1ccc(NC(=O)CN2C(=O)N/C(=C/c3cc(C)n(-c4cccc5ccccc45)c3C)C2=O)cc1. The molecule has 0 saturated carbocycles. The summed E-state index contributed by atoms with van der Waals surface area (Å²) in [5.74, 6) is -0.980. The topological polar surface area (TPSA) is 83.4 Å². The smallest absolute Gasteiger partial charge is 0.325 e. The van der Waals surface area contributed by atoms with Crippen LogP contribution in [0.4, 0.5) is 10.5 Å². The molecule has 0 unspecified atom stereocenters. The largest absolute Gasteiger partial charge is 0.329 e. The number of imide groups is 1. The molecule has 1 saturated heterocycles. The van der Waals surface area contributed by atoms with Gasteiger partial charge in [0.25, 0.3) is 5.91 Å².